The lowest BCUT2D eigenvalue weighted by atomic mass is 10.1. The Balaban J connectivity index is 2.98. The quantitative estimate of drug-likeness (QED) is 0.497. The van der Waals surface area contributed by atoms with Crippen molar-refractivity contribution in [3.05, 3.63) is 59.3 Å². The van der Waals surface area contributed by atoms with Gasteiger partial charge in [-0.15, -0.1) is 0 Å². The normalized spacial score (nSPS) is 13.3. The standard InChI is InChI=1S/C17H21NO4/c1-12(14-8-6-5-7-9-14)18-13(2)15(17(20)22-4)10-11-16(19)21-3/h5-12,18H,1-4H3. The van der Waals surface area contributed by atoms with Crippen LogP contribution in [0.3, 0.4) is 0 Å². The number of carbonyl (C=O) groups is 2. The van der Waals surface area contributed by atoms with Crippen molar-refractivity contribution in [1.29, 1.82) is 0 Å². The molecule has 22 heavy (non-hydrogen) atoms. The van der Waals surface area contributed by atoms with Gasteiger partial charge in [0.05, 0.1) is 19.8 Å². The molecule has 0 aliphatic heterocycles. The molecule has 0 radical (unpaired) electrons. The summed E-state index contributed by atoms with van der Waals surface area (Å²) in [7, 11) is 2.57. The monoisotopic (exact) mass is 303 g/mol. The summed E-state index contributed by atoms with van der Waals surface area (Å²) in [5.41, 5.74) is 1.97. The molecule has 0 saturated carbocycles. The zero-order valence-corrected chi connectivity index (χ0v) is 13.3. The molecular weight excluding hydrogens is 282 g/mol. The van der Waals surface area contributed by atoms with Crippen LogP contribution in [0.5, 0.6) is 0 Å². The molecule has 0 amide bonds. The number of methoxy groups -OCH3 is 2. The second kappa shape index (κ2) is 8.67. The number of ether oxygens (including phenoxy) is 2. The molecule has 1 atom stereocenters. The predicted molar refractivity (Wildman–Crippen MR) is 83.9 cm³/mol. The lowest BCUT2D eigenvalue weighted by molar-refractivity contribution is -0.135. The van der Waals surface area contributed by atoms with Gasteiger partial charge in [0.25, 0.3) is 0 Å². The average molecular weight is 303 g/mol. The smallest absolute Gasteiger partial charge is 0.339 e. The van der Waals surface area contributed by atoms with Crippen molar-refractivity contribution in [3.63, 3.8) is 0 Å². The first-order valence-electron chi connectivity index (χ1n) is 6.86. The maximum Gasteiger partial charge on any atom is 0.339 e. The molecular formula is C17H21NO4. The van der Waals surface area contributed by atoms with Crippen LogP contribution in [-0.4, -0.2) is 26.2 Å². The minimum Gasteiger partial charge on any atom is -0.466 e. The summed E-state index contributed by atoms with van der Waals surface area (Å²) in [5.74, 6) is -1.06. The maximum absolute atomic E-state index is 11.8. The number of nitrogens with one attached hydrogen (secondary N) is 1. The van der Waals surface area contributed by atoms with Crippen LogP contribution >= 0.6 is 0 Å². The van der Waals surface area contributed by atoms with Crippen molar-refractivity contribution in [1.82, 2.24) is 5.32 Å². The van der Waals surface area contributed by atoms with Gasteiger partial charge in [0.2, 0.25) is 0 Å². The first kappa shape index (κ1) is 17.5. The number of carbonyl (C=O) groups excluding carboxylic acids is 2. The maximum atomic E-state index is 11.8. The predicted octanol–water partition coefficient (Wildman–Crippen LogP) is 2.51. The molecule has 5 nitrogen and oxygen atoms in total. The fourth-order valence-electron chi connectivity index (χ4n) is 1.90. The van der Waals surface area contributed by atoms with Crippen LogP contribution in [0.15, 0.2) is 53.8 Å². The number of hydrogen-bond donors (Lipinski definition) is 1. The summed E-state index contributed by atoms with van der Waals surface area (Å²) in [6, 6.07) is 9.83. The van der Waals surface area contributed by atoms with Gasteiger partial charge >= 0.3 is 11.9 Å². The van der Waals surface area contributed by atoms with Gasteiger partial charge in [-0.25, -0.2) is 9.59 Å². The molecule has 1 aromatic carbocycles. The first-order chi connectivity index (χ1) is 10.5. The second-order valence-electron chi connectivity index (χ2n) is 4.66. The molecule has 0 saturated heterocycles. The Hall–Kier alpha value is -2.56. The van der Waals surface area contributed by atoms with Crippen molar-refractivity contribution in [2.45, 2.75) is 19.9 Å². The molecule has 5 heteroatoms. The number of allylic oxidation sites excluding steroid dienone is 1. The van der Waals surface area contributed by atoms with E-state index in [4.69, 9.17) is 4.74 Å². The summed E-state index contributed by atoms with van der Waals surface area (Å²) in [4.78, 5) is 23.0. The van der Waals surface area contributed by atoms with Crippen LogP contribution in [0.1, 0.15) is 25.5 Å². The van der Waals surface area contributed by atoms with E-state index in [0.29, 0.717) is 5.70 Å². The molecule has 0 aliphatic rings. The lowest BCUT2D eigenvalue weighted by Crippen LogP contribution is -2.20. The van der Waals surface area contributed by atoms with Crippen molar-refractivity contribution in [3.8, 4) is 0 Å². The molecule has 0 bridgehead atoms. The SMILES string of the molecule is COC(=O)C=CC(C(=O)OC)=C(C)NC(C)c1ccccc1. The molecule has 0 fully saturated rings. The van der Waals surface area contributed by atoms with Gasteiger partial charge in [-0.1, -0.05) is 30.3 Å². The number of esters is 2. The van der Waals surface area contributed by atoms with E-state index in [1.165, 1.54) is 26.4 Å². The Kier molecular flexibility index (Phi) is 6.89. The Labute approximate surface area is 130 Å². The van der Waals surface area contributed by atoms with Crippen molar-refractivity contribution >= 4 is 11.9 Å². The van der Waals surface area contributed by atoms with Gasteiger partial charge in [0.1, 0.15) is 0 Å². The third kappa shape index (κ3) is 5.09. The van der Waals surface area contributed by atoms with Crippen LogP contribution in [0.25, 0.3) is 0 Å². The van der Waals surface area contributed by atoms with E-state index in [9.17, 15) is 9.59 Å². The first-order valence-corrected chi connectivity index (χ1v) is 6.86. The number of benzene rings is 1. The Morgan fingerprint density at radius 3 is 2.27 bits per heavy atom. The molecule has 1 N–H and O–H groups in total. The van der Waals surface area contributed by atoms with Gasteiger partial charge in [0.15, 0.2) is 0 Å². The highest BCUT2D eigenvalue weighted by Gasteiger charge is 2.13. The van der Waals surface area contributed by atoms with Crippen molar-refractivity contribution in [2.24, 2.45) is 0 Å². The molecule has 0 aliphatic carbocycles. The molecule has 0 spiro atoms. The van der Waals surface area contributed by atoms with Crippen LogP contribution in [0, 0.1) is 0 Å². The summed E-state index contributed by atoms with van der Waals surface area (Å²) in [5, 5.41) is 3.23. The Morgan fingerprint density at radius 1 is 1.09 bits per heavy atom. The van der Waals surface area contributed by atoms with Gasteiger partial charge in [-0.2, -0.15) is 0 Å². The van der Waals surface area contributed by atoms with Gasteiger partial charge < -0.3 is 14.8 Å². The van der Waals surface area contributed by atoms with Crippen LogP contribution in [0.2, 0.25) is 0 Å². The fraction of sp³-hybridized carbons (Fsp3) is 0.294. The van der Waals surface area contributed by atoms with Crippen molar-refractivity contribution in [2.75, 3.05) is 14.2 Å². The topological polar surface area (TPSA) is 64.6 Å². The molecule has 1 rings (SSSR count). The summed E-state index contributed by atoms with van der Waals surface area (Å²) >= 11 is 0. The van der Waals surface area contributed by atoms with E-state index in [-0.39, 0.29) is 11.6 Å². The van der Waals surface area contributed by atoms with Gasteiger partial charge in [0, 0.05) is 17.8 Å². The van der Waals surface area contributed by atoms with E-state index >= 15 is 0 Å². The Morgan fingerprint density at radius 2 is 1.73 bits per heavy atom. The molecule has 0 heterocycles. The zero-order valence-electron chi connectivity index (χ0n) is 13.3. The molecule has 1 aromatic rings. The van der Waals surface area contributed by atoms with E-state index in [1.54, 1.807) is 6.92 Å². The highest BCUT2D eigenvalue weighted by atomic mass is 16.5. The molecule has 118 valence electrons. The highest BCUT2D eigenvalue weighted by Crippen LogP contribution is 2.15. The third-order valence-electron chi connectivity index (χ3n) is 3.13. The number of hydrogen-bond acceptors (Lipinski definition) is 5. The van der Waals surface area contributed by atoms with Crippen LogP contribution in [-0.2, 0) is 19.1 Å². The summed E-state index contributed by atoms with van der Waals surface area (Å²) in [6.07, 6.45) is 2.57. The van der Waals surface area contributed by atoms with E-state index in [1.807, 2.05) is 37.3 Å². The van der Waals surface area contributed by atoms with Gasteiger partial charge in [-0.05, 0) is 25.5 Å². The molecule has 1 unspecified atom stereocenters. The Bertz CT molecular complexity index is 576. The lowest BCUT2D eigenvalue weighted by Gasteiger charge is -2.17. The van der Waals surface area contributed by atoms with Crippen LogP contribution < -0.4 is 5.32 Å². The fourth-order valence-corrected chi connectivity index (χ4v) is 1.90. The third-order valence-corrected chi connectivity index (χ3v) is 3.13. The summed E-state index contributed by atoms with van der Waals surface area (Å²) in [6.45, 7) is 3.74. The average Bonchev–Trinajstić information content (AvgIpc) is 2.55. The largest absolute Gasteiger partial charge is 0.466 e. The van der Waals surface area contributed by atoms with Gasteiger partial charge in [-0.3, -0.25) is 0 Å². The number of rotatable bonds is 6. The zero-order chi connectivity index (χ0) is 16.5. The second-order valence-corrected chi connectivity index (χ2v) is 4.66. The molecule has 0 aromatic heterocycles. The minimum absolute atomic E-state index is 0.00684. The van der Waals surface area contributed by atoms with E-state index in [2.05, 4.69) is 10.1 Å². The van der Waals surface area contributed by atoms with Crippen LogP contribution in [0.4, 0.5) is 0 Å². The minimum atomic E-state index is -0.537. The van der Waals surface area contributed by atoms with E-state index in [0.717, 1.165) is 5.56 Å². The van der Waals surface area contributed by atoms with E-state index < -0.39 is 11.9 Å². The van der Waals surface area contributed by atoms with Crippen molar-refractivity contribution < 1.29 is 19.1 Å². The highest BCUT2D eigenvalue weighted by molar-refractivity contribution is 5.94. The summed E-state index contributed by atoms with van der Waals surface area (Å²) < 4.78 is 9.27.